The topological polar surface area (TPSA) is 61.8 Å². The zero-order chi connectivity index (χ0) is 23.2. The Balaban J connectivity index is 2.73. The van der Waals surface area contributed by atoms with Gasteiger partial charge in [0.2, 0.25) is 0 Å². The summed E-state index contributed by atoms with van der Waals surface area (Å²) in [4.78, 5) is 24.6. The van der Waals surface area contributed by atoms with E-state index in [9.17, 15) is 9.59 Å². The third-order valence-electron chi connectivity index (χ3n) is 4.77. The van der Waals surface area contributed by atoms with Crippen LogP contribution in [0, 0.1) is 17.8 Å². The fourth-order valence-electron chi connectivity index (χ4n) is 3.00. The zero-order valence-corrected chi connectivity index (χ0v) is 20.4. The second kappa shape index (κ2) is 14.9. The van der Waals surface area contributed by atoms with Crippen LogP contribution in [0.2, 0.25) is 0 Å². The summed E-state index contributed by atoms with van der Waals surface area (Å²) in [6, 6.07) is 5.02. The molecule has 0 radical (unpaired) electrons. The molecule has 0 bridgehead atoms. The van der Waals surface area contributed by atoms with Crippen LogP contribution in [0.1, 0.15) is 92.9 Å². The molecule has 0 N–H and O–H groups in total. The largest absolute Gasteiger partial charge is 0.493 e. The average Bonchev–Trinajstić information content (AvgIpc) is 2.68. The Bertz CT molecular complexity index is 664. The van der Waals surface area contributed by atoms with Crippen molar-refractivity contribution >= 4 is 11.9 Å². The minimum Gasteiger partial charge on any atom is -0.493 e. The van der Waals surface area contributed by atoms with Crippen molar-refractivity contribution in [2.45, 2.75) is 92.9 Å². The monoisotopic (exact) mass is 434 g/mol. The van der Waals surface area contributed by atoms with Gasteiger partial charge in [0.1, 0.15) is 5.75 Å². The van der Waals surface area contributed by atoms with Crippen LogP contribution in [0.4, 0.5) is 0 Å². The van der Waals surface area contributed by atoms with Crippen molar-refractivity contribution in [3.05, 3.63) is 18.2 Å². The van der Waals surface area contributed by atoms with Gasteiger partial charge in [-0.3, -0.25) is 9.59 Å². The summed E-state index contributed by atoms with van der Waals surface area (Å²) in [6.07, 6.45) is 6.42. The highest BCUT2D eigenvalue weighted by molar-refractivity contribution is 5.76. The SMILES string of the molecule is CC(C)CCCCC(=O)Oc1ccc(OCC(C)C)cc1OC(=O)CCCCC(C)C. The summed E-state index contributed by atoms with van der Waals surface area (Å²) in [7, 11) is 0. The van der Waals surface area contributed by atoms with Gasteiger partial charge in [0, 0.05) is 18.9 Å². The Labute approximate surface area is 188 Å². The molecule has 0 saturated heterocycles. The van der Waals surface area contributed by atoms with E-state index in [-0.39, 0.29) is 23.4 Å². The van der Waals surface area contributed by atoms with Crippen LogP contribution < -0.4 is 14.2 Å². The van der Waals surface area contributed by atoms with E-state index in [1.807, 2.05) is 0 Å². The predicted molar refractivity (Wildman–Crippen MR) is 125 cm³/mol. The molecule has 176 valence electrons. The molecule has 0 aromatic heterocycles. The molecule has 0 amide bonds. The van der Waals surface area contributed by atoms with Crippen molar-refractivity contribution < 1.29 is 23.8 Å². The van der Waals surface area contributed by atoms with Crippen LogP contribution in [0.15, 0.2) is 18.2 Å². The minimum atomic E-state index is -0.320. The first-order valence-corrected chi connectivity index (χ1v) is 11.9. The Hall–Kier alpha value is -2.04. The number of ether oxygens (including phenoxy) is 3. The Morgan fingerprint density at radius 2 is 1.23 bits per heavy atom. The summed E-state index contributed by atoms with van der Waals surface area (Å²) in [5.41, 5.74) is 0. The second-order valence-corrected chi connectivity index (χ2v) is 9.54. The molecule has 0 spiro atoms. The predicted octanol–water partition coefficient (Wildman–Crippen LogP) is 6.97. The van der Waals surface area contributed by atoms with Crippen LogP contribution in [0.3, 0.4) is 0 Å². The molecular formula is C26H42O5. The Kier molecular flexibility index (Phi) is 13.0. The van der Waals surface area contributed by atoms with E-state index in [4.69, 9.17) is 14.2 Å². The van der Waals surface area contributed by atoms with Gasteiger partial charge in [0.05, 0.1) is 6.61 Å². The number of hydrogen-bond acceptors (Lipinski definition) is 5. The number of benzene rings is 1. The molecule has 0 fully saturated rings. The molecule has 31 heavy (non-hydrogen) atoms. The second-order valence-electron chi connectivity index (χ2n) is 9.54. The van der Waals surface area contributed by atoms with E-state index < -0.39 is 0 Å². The summed E-state index contributed by atoms with van der Waals surface area (Å²) >= 11 is 0. The first kappa shape index (κ1) is 27.0. The van der Waals surface area contributed by atoms with Gasteiger partial charge in [0.15, 0.2) is 11.5 Å². The molecule has 0 unspecified atom stereocenters. The maximum atomic E-state index is 12.3. The lowest BCUT2D eigenvalue weighted by Gasteiger charge is -2.14. The van der Waals surface area contributed by atoms with Crippen molar-refractivity contribution in [2.24, 2.45) is 17.8 Å². The lowest BCUT2D eigenvalue weighted by atomic mass is 10.1. The first-order chi connectivity index (χ1) is 14.7. The fourth-order valence-corrected chi connectivity index (χ4v) is 3.00. The molecule has 0 atom stereocenters. The van der Waals surface area contributed by atoms with Gasteiger partial charge >= 0.3 is 11.9 Å². The molecule has 1 aromatic rings. The molecule has 1 aromatic carbocycles. The molecule has 0 heterocycles. The number of esters is 2. The molecule has 0 aliphatic carbocycles. The third-order valence-corrected chi connectivity index (χ3v) is 4.77. The Morgan fingerprint density at radius 1 is 0.710 bits per heavy atom. The van der Waals surface area contributed by atoms with Crippen molar-refractivity contribution in [1.82, 2.24) is 0 Å². The first-order valence-electron chi connectivity index (χ1n) is 11.9. The van der Waals surface area contributed by atoms with Gasteiger partial charge in [-0.2, -0.15) is 0 Å². The lowest BCUT2D eigenvalue weighted by molar-refractivity contribution is -0.137. The third kappa shape index (κ3) is 13.1. The van der Waals surface area contributed by atoms with Crippen LogP contribution >= 0.6 is 0 Å². The fraction of sp³-hybridized carbons (Fsp3) is 0.692. The van der Waals surface area contributed by atoms with Gasteiger partial charge in [-0.15, -0.1) is 0 Å². The molecule has 1 rings (SSSR count). The quantitative estimate of drug-likeness (QED) is 0.169. The van der Waals surface area contributed by atoms with Crippen LogP contribution in [-0.2, 0) is 9.59 Å². The van der Waals surface area contributed by atoms with E-state index in [0.717, 1.165) is 38.5 Å². The number of unbranched alkanes of at least 4 members (excludes halogenated alkanes) is 2. The lowest BCUT2D eigenvalue weighted by Crippen LogP contribution is -2.12. The normalized spacial score (nSPS) is 11.3. The van der Waals surface area contributed by atoms with Crippen LogP contribution in [0.5, 0.6) is 17.2 Å². The molecular weight excluding hydrogens is 392 g/mol. The summed E-state index contributed by atoms with van der Waals surface area (Å²) < 4.78 is 16.8. The van der Waals surface area contributed by atoms with E-state index >= 15 is 0 Å². The van der Waals surface area contributed by atoms with Gasteiger partial charge in [-0.25, -0.2) is 0 Å². The number of hydrogen-bond donors (Lipinski definition) is 0. The molecule has 0 aliphatic rings. The minimum absolute atomic E-state index is 0.241. The van der Waals surface area contributed by atoms with E-state index in [1.165, 1.54) is 0 Å². The smallest absolute Gasteiger partial charge is 0.311 e. The van der Waals surface area contributed by atoms with E-state index in [2.05, 4.69) is 41.5 Å². The maximum Gasteiger partial charge on any atom is 0.311 e. The van der Waals surface area contributed by atoms with E-state index in [1.54, 1.807) is 18.2 Å². The van der Waals surface area contributed by atoms with Crippen LogP contribution in [-0.4, -0.2) is 18.5 Å². The molecule has 5 heteroatoms. The van der Waals surface area contributed by atoms with Crippen LogP contribution in [0.25, 0.3) is 0 Å². The highest BCUT2D eigenvalue weighted by Crippen LogP contribution is 2.33. The van der Waals surface area contributed by atoms with Gasteiger partial charge < -0.3 is 14.2 Å². The molecule has 5 nitrogen and oxygen atoms in total. The average molecular weight is 435 g/mol. The Morgan fingerprint density at radius 3 is 1.71 bits per heavy atom. The molecule has 0 aliphatic heterocycles. The van der Waals surface area contributed by atoms with Crippen molar-refractivity contribution in [3.63, 3.8) is 0 Å². The number of carbonyl (C=O) groups is 2. The van der Waals surface area contributed by atoms with Gasteiger partial charge in [-0.1, -0.05) is 67.2 Å². The summed E-state index contributed by atoms with van der Waals surface area (Å²) in [5, 5.41) is 0. The zero-order valence-electron chi connectivity index (χ0n) is 20.4. The highest BCUT2D eigenvalue weighted by Gasteiger charge is 2.16. The summed E-state index contributed by atoms with van der Waals surface area (Å²) in [6.45, 7) is 13.4. The van der Waals surface area contributed by atoms with Gasteiger partial charge in [-0.05, 0) is 42.7 Å². The summed E-state index contributed by atoms with van der Waals surface area (Å²) in [5.74, 6) is 2.08. The number of rotatable bonds is 15. The van der Waals surface area contributed by atoms with E-state index in [0.29, 0.717) is 43.0 Å². The molecule has 0 saturated carbocycles. The van der Waals surface area contributed by atoms with Crippen molar-refractivity contribution in [1.29, 1.82) is 0 Å². The standard InChI is InChI=1S/C26H42O5/c1-19(2)11-7-9-13-25(27)30-23-16-15-22(29-18-21(5)6)17-24(23)31-26(28)14-10-8-12-20(3)4/h15-17,19-21H,7-14,18H2,1-6H3. The highest BCUT2D eigenvalue weighted by atomic mass is 16.6. The van der Waals surface area contributed by atoms with Gasteiger partial charge in [0.25, 0.3) is 0 Å². The van der Waals surface area contributed by atoms with Crippen molar-refractivity contribution in [3.8, 4) is 17.2 Å². The maximum absolute atomic E-state index is 12.3. The van der Waals surface area contributed by atoms with Crippen molar-refractivity contribution in [2.75, 3.05) is 6.61 Å². The number of carbonyl (C=O) groups excluding carboxylic acids is 2.